The van der Waals surface area contributed by atoms with Gasteiger partial charge in [-0.1, -0.05) is 0 Å². The summed E-state index contributed by atoms with van der Waals surface area (Å²) in [6.07, 6.45) is 10.7. The van der Waals surface area contributed by atoms with Crippen LogP contribution in [0, 0.1) is 0 Å². The van der Waals surface area contributed by atoms with Gasteiger partial charge in [-0.3, -0.25) is 4.99 Å². The van der Waals surface area contributed by atoms with Crippen LogP contribution >= 0.6 is 0 Å². The van der Waals surface area contributed by atoms with Crippen LogP contribution in [-0.2, 0) is 0 Å². The van der Waals surface area contributed by atoms with Gasteiger partial charge in [-0.2, -0.15) is 0 Å². The maximum Gasteiger partial charge on any atom is 0.0709 e. The maximum atomic E-state index is 4.84. The lowest BCUT2D eigenvalue weighted by Gasteiger charge is -1.95. The molecule has 0 saturated heterocycles. The van der Waals surface area contributed by atoms with Gasteiger partial charge in [0.05, 0.1) is 6.04 Å². The number of rotatable bonds is 0. The second-order valence-corrected chi connectivity index (χ2v) is 6.43. The summed E-state index contributed by atoms with van der Waals surface area (Å²) in [6, 6.07) is 12.9. The van der Waals surface area contributed by atoms with Crippen molar-refractivity contribution in [2.45, 2.75) is 18.9 Å². The molecule has 3 aromatic heterocycles. The highest BCUT2D eigenvalue weighted by Gasteiger charge is 2.13. The van der Waals surface area contributed by atoms with Crippen LogP contribution in [0.15, 0.2) is 41.4 Å². The molecule has 0 amide bonds. The molecule has 1 unspecified atom stereocenters. The Bertz CT molecular complexity index is 1170. The molecule has 118 valence electrons. The van der Waals surface area contributed by atoms with E-state index in [1.54, 1.807) is 0 Å². The number of hydrogen-bond donors (Lipinski definition) is 3. The van der Waals surface area contributed by atoms with Crippen LogP contribution in [0.3, 0.4) is 0 Å². The molecule has 5 rings (SSSR count). The lowest BCUT2D eigenvalue weighted by Crippen LogP contribution is -2.12. The monoisotopic (exact) mass is 314 g/mol. The van der Waals surface area contributed by atoms with Crippen LogP contribution in [0.1, 0.15) is 24.2 Å². The average Bonchev–Trinajstić information content (AvgIpc) is 3.32. The minimum absolute atomic E-state index is 0.258. The third kappa shape index (κ3) is 2.56. The SMILES string of the molecule is C1=c2/cc/c([nH]2)=C/c2ccc([nH]2)/C=c2/cc/c([nH]2)=C/C2CCC/1=N2. The molecular formula is C20H18N4. The Kier molecular flexibility index (Phi) is 2.95. The number of nitrogens with zero attached hydrogens (tertiary/aromatic N) is 1. The first-order valence-electron chi connectivity index (χ1n) is 8.33. The van der Waals surface area contributed by atoms with Gasteiger partial charge >= 0.3 is 0 Å². The van der Waals surface area contributed by atoms with Crippen LogP contribution < -0.4 is 21.4 Å². The second kappa shape index (κ2) is 5.27. The van der Waals surface area contributed by atoms with Crippen molar-refractivity contribution in [1.29, 1.82) is 0 Å². The Labute approximate surface area is 138 Å². The Hall–Kier alpha value is -3.01. The van der Waals surface area contributed by atoms with E-state index in [9.17, 15) is 0 Å². The molecular weight excluding hydrogens is 296 g/mol. The van der Waals surface area contributed by atoms with Crippen LogP contribution in [0.5, 0.6) is 0 Å². The maximum absolute atomic E-state index is 4.84. The Morgan fingerprint density at radius 1 is 0.708 bits per heavy atom. The minimum Gasteiger partial charge on any atom is -0.356 e. The molecule has 1 atom stereocenters. The first-order chi connectivity index (χ1) is 11.8. The summed E-state index contributed by atoms with van der Waals surface area (Å²) in [7, 11) is 0. The zero-order valence-electron chi connectivity index (χ0n) is 13.2. The van der Waals surface area contributed by atoms with Gasteiger partial charge < -0.3 is 15.0 Å². The number of aromatic nitrogens is 3. The summed E-state index contributed by atoms with van der Waals surface area (Å²) in [6.45, 7) is 0. The van der Waals surface area contributed by atoms with Gasteiger partial charge in [0.15, 0.2) is 0 Å². The summed E-state index contributed by atoms with van der Waals surface area (Å²) < 4.78 is 0. The fraction of sp³-hybridized carbons (Fsp3) is 0.150. The number of hydrogen-bond acceptors (Lipinski definition) is 1. The van der Waals surface area contributed by atoms with E-state index >= 15 is 0 Å². The Morgan fingerprint density at radius 3 is 2.08 bits per heavy atom. The lowest BCUT2D eigenvalue weighted by molar-refractivity contribution is 0.838. The first-order valence-corrected chi connectivity index (χ1v) is 8.33. The lowest BCUT2D eigenvalue weighted by atomic mass is 10.1. The van der Waals surface area contributed by atoms with Crippen LogP contribution in [0.2, 0.25) is 0 Å². The van der Waals surface area contributed by atoms with Crippen molar-refractivity contribution >= 4 is 30.0 Å². The van der Waals surface area contributed by atoms with E-state index in [2.05, 4.69) is 75.7 Å². The van der Waals surface area contributed by atoms with Crippen molar-refractivity contribution in [1.82, 2.24) is 15.0 Å². The summed E-state index contributed by atoms with van der Waals surface area (Å²) in [5.41, 5.74) is 3.33. The largest absolute Gasteiger partial charge is 0.356 e. The third-order valence-electron chi connectivity index (χ3n) is 4.54. The molecule has 3 N–H and O–H groups in total. The standard InChI is InChI=1S/C20H18N4/c1-2-14-10-16-5-6-18(23-16)12-20-8-7-19(24-20)11-17-4-3-15(22-17)9-13(1)21-14/h1-6,9-12,19,21-23H,7-8H2/b15-9-,16-10-,17-11-,18-12-. The van der Waals surface area contributed by atoms with Crippen molar-refractivity contribution in [3.8, 4) is 0 Å². The Balaban J connectivity index is 1.74. The first kappa shape index (κ1) is 13.4. The highest BCUT2D eigenvalue weighted by molar-refractivity contribution is 6.11. The van der Waals surface area contributed by atoms with E-state index in [0.29, 0.717) is 0 Å². The molecule has 0 aliphatic carbocycles. The van der Waals surface area contributed by atoms with Crippen molar-refractivity contribution in [3.05, 3.63) is 69.2 Å². The van der Waals surface area contributed by atoms with Crippen molar-refractivity contribution in [2.75, 3.05) is 0 Å². The quantitative estimate of drug-likeness (QED) is 0.541. The molecule has 3 aromatic rings. The van der Waals surface area contributed by atoms with E-state index in [1.807, 2.05) is 0 Å². The highest BCUT2D eigenvalue weighted by atomic mass is 14.8. The summed E-state index contributed by atoms with van der Waals surface area (Å²) >= 11 is 0. The summed E-state index contributed by atoms with van der Waals surface area (Å²) in [5.74, 6) is 0. The molecule has 0 radical (unpaired) electrons. The molecule has 4 heteroatoms. The predicted molar refractivity (Wildman–Crippen MR) is 97.4 cm³/mol. The average molecular weight is 314 g/mol. The third-order valence-corrected chi connectivity index (χ3v) is 4.54. The van der Waals surface area contributed by atoms with Crippen LogP contribution in [0.25, 0.3) is 24.3 Å². The molecule has 5 heterocycles. The predicted octanol–water partition coefficient (Wildman–Crippen LogP) is 0.506. The Morgan fingerprint density at radius 2 is 1.33 bits per heavy atom. The molecule has 2 aliphatic heterocycles. The number of aliphatic imine (C=N–C) groups is 1. The van der Waals surface area contributed by atoms with Gasteiger partial charge in [0.2, 0.25) is 0 Å². The molecule has 8 bridgehead atoms. The molecule has 0 fully saturated rings. The van der Waals surface area contributed by atoms with Gasteiger partial charge in [-0.15, -0.1) is 0 Å². The van der Waals surface area contributed by atoms with Gasteiger partial charge in [0, 0.05) is 38.5 Å². The van der Waals surface area contributed by atoms with Crippen LogP contribution in [-0.4, -0.2) is 26.7 Å². The molecule has 0 saturated carbocycles. The molecule has 0 spiro atoms. The van der Waals surface area contributed by atoms with Gasteiger partial charge in [0.25, 0.3) is 0 Å². The summed E-state index contributed by atoms with van der Waals surface area (Å²) in [4.78, 5) is 15.2. The van der Waals surface area contributed by atoms with Crippen molar-refractivity contribution in [3.63, 3.8) is 0 Å². The van der Waals surface area contributed by atoms with Crippen LogP contribution in [0.4, 0.5) is 0 Å². The normalized spacial score (nSPS) is 24.5. The number of aromatic amines is 3. The zero-order valence-corrected chi connectivity index (χ0v) is 13.2. The van der Waals surface area contributed by atoms with Gasteiger partial charge in [-0.05, 0) is 73.5 Å². The van der Waals surface area contributed by atoms with E-state index < -0.39 is 0 Å². The molecule has 24 heavy (non-hydrogen) atoms. The van der Waals surface area contributed by atoms with E-state index in [0.717, 1.165) is 51.3 Å². The van der Waals surface area contributed by atoms with Crippen molar-refractivity contribution < 1.29 is 0 Å². The molecule has 4 nitrogen and oxygen atoms in total. The number of H-pyrrole nitrogens is 3. The fourth-order valence-electron chi connectivity index (χ4n) is 3.40. The minimum atomic E-state index is 0.258. The number of nitrogens with one attached hydrogen (secondary N) is 3. The van der Waals surface area contributed by atoms with E-state index in [-0.39, 0.29) is 6.04 Å². The highest BCUT2D eigenvalue weighted by Crippen LogP contribution is 2.15. The summed E-state index contributed by atoms with van der Waals surface area (Å²) in [5, 5.41) is 4.42. The molecule has 0 aromatic carbocycles. The fourth-order valence-corrected chi connectivity index (χ4v) is 3.40. The van der Waals surface area contributed by atoms with Gasteiger partial charge in [0.1, 0.15) is 0 Å². The van der Waals surface area contributed by atoms with E-state index in [1.165, 1.54) is 0 Å². The van der Waals surface area contributed by atoms with Gasteiger partial charge in [-0.25, -0.2) is 0 Å². The van der Waals surface area contributed by atoms with Crippen molar-refractivity contribution in [2.24, 2.45) is 4.99 Å². The number of fused-ring (bicyclic) bond motifs is 7. The smallest absolute Gasteiger partial charge is 0.0709 e. The topological polar surface area (TPSA) is 59.7 Å². The zero-order chi connectivity index (χ0) is 15.9. The second-order valence-electron chi connectivity index (χ2n) is 6.43. The molecule has 2 aliphatic rings. The van der Waals surface area contributed by atoms with E-state index in [4.69, 9.17) is 4.99 Å².